The van der Waals surface area contributed by atoms with Crippen molar-refractivity contribution in [2.75, 3.05) is 7.05 Å². The molecule has 0 aliphatic rings. The highest BCUT2D eigenvalue weighted by Crippen LogP contribution is 2.33. The summed E-state index contributed by atoms with van der Waals surface area (Å²) in [5.41, 5.74) is 6.31. The molecular weight excluding hydrogens is 292 g/mol. The van der Waals surface area contributed by atoms with E-state index in [1.54, 1.807) is 11.3 Å². The van der Waals surface area contributed by atoms with Gasteiger partial charge in [-0.25, -0.2) is 0 Å². The number of rotatable bonds is 6. The highest BCUT2D eigenvalue weighted by Gasteiger charge is 2.25. The van der Waals surface area contributed by atoms with Crippen molar-refractivity contribution in [3.8, 4) is 0 Å². The number of furan rings is 1. The molecule has 110 valence electrons. The first kappa shape index (κ1) is 15.6. The van der Waals surface area contributed by atoms with E-state index >= 15 is 0 Å². The molecule has 2 rings (SSSR count). The summed E-state index contributed by atoms with van der Waals surface area (Å²) in [4.78, 5) is 3.43. The SMILES string of the molecule is CCC(N)C(c1ccc(Cl)s1)N(C)Cc1ccc(C)o1. The van der Waals surface area contributed by atoms with Crippen LogP contribution in [-0.2, 0) is 6.54 Å². The van der Waals surface area contributed by atoms with Gasteiger partial charge in [-0.3, -0.25) is 4.90 Å². The van der Waals surface area contributed by atoms with Crippen LogP contribution in [0.1, 0.15) is 35.8 Å². The lowest BCUT2D eigenvalue weighted by Crippen LogP contribution is -2.38. The standard InChI is InChI=1S/C15H21ClN2OS/c1-4-12(17)15(13-7-8-14(16)20-13)18(3)9-11-6-5-10(2)19-11/h5-8,12,15H,4,9,17H2,1-3H3. The predicted octanol–water partition coefficient (Wildman–Crippen LogP) is 4.21. The van der Waals surface area contributed by atoms with Gasteiger partial charge in [0, 0.05) is 10.9 Å². The van der Waals surface area contributed by atoms with Crippen LogP contribution in [0, 0.1) is 6.92 Å². The molecule has 2 atom stereocenters. The molecule has 2 heterocycles. The molecule has 0 aliphatic carbocycles. The van der Waals surface area contributed by atoms with Crippen LogP contribution in [0.5, 0.6) is 0 Å². The van der Waals surface area contributed by atoms with Gasteiger partial charge in [-0.15, -0.1) is 11.3 Å². The molecule has 2 aromatic rings. The molecule has 2 unspecified atom stereocenters. The third-order valence-electron chi connectivity index (χ3n) is 3.44. The van der Waals surface area contributed by atoms with E-state index in [2.05, 4.69) is 24.9 Å². The fraction of sp³-hybridized carbons (Fsp3) is 0.467. The van der Waals surface area contributed by atoms with Gasteiger partial charge in [0.05, 0.1) is 16.9 Å². The molecule has 0 aliphatic heterocycles. The molecule has 2 N–H and O–H groups in total. The van der Waals surface area contributed by atoms with Crippen LogP contribution >= 0.6 is 22.9 Å². The quantitative estimate of drug-likeness (QED) is 0.868. The molecule has 0 saturated carbocycles. The van der Waals surface area contributed by atoms with E-state index in [0.29, 0.717) is 0 Å². The van der Waals surface area contributed by atoms with E-state index in [1.807, 2.05) is 25.1 Å². The summed E-state index contributed by atoms with van der Waals surface area (Å²) in [6.07, 6.45) is 0.918. The smallest absolute Gasteiger partial charge is 0.118 e. The lowest BCUT2D eigenvalue weighted by Gasteiger charge is -2.31. The van der Waals surface area contributed by atoms with E-state index in [0.717, 1.165) is 28.8 Å². The summed E-state index contributed by atoms with van der Waals surface area (Å²) in [5, 5.41) is 0. The molecule has 0 fully saturated rings. The van der Waals surface area contributed by atoms with Gasteiger partial charge in [0.25, 0.3) is 0 Å². The zero-order chi connectivity index (χ0) is 14.7. The molecule has 20 heavy (non-hydrogen) atoms. The second-order valence-electron chi connectivity index (χ2n) is 5.09. The number of halogens is 1. The third-order valence-corrected chi connectivity index (χ3v) is 4.74. The minimum absolute atomic E-state index is 0.0748. The average Bonchev–Trinajstić information content (AvgIpc) is 2.99. The van der Waals surface area contributed by atoms with Crippen LogP contribution in [0.15, 0.2) is 28.7 Å². The molecule has 5 heteroatoms. The Labute approximate surface area is 129 Å². The zero-order valence-corrected chi connectivity index (χ0v) is 13.7. The summed E-state index contributed by atoms with van der Waals surface area (Å²) in [6, 6.07) is 8.23. The number of hydrogen-bond acceptors (Lipinski definition) is 4. The summed E-state index contributed by atoms with van der Waals surface area (Å²) < 4.78 is 6.46. The molecule has 0 aromatic carbocycles. The molecule has 3 nitrogen and oxygen atoms in total. The zero-order valence-electron chi connectivity index (χ0n) is 12.1. The van der Waals surface area contributed by atoms with Crippen molar-refractivity contribution in [2.45, 2.75) is 38.9 Å². The molecule has 0 spiro atoms. The summed E-state index contributed by atoms with van der Waals surface area (Å²) >= 11 is 7.66. The maximum atomic E-state index is 6.31. The van der Waals surface area contributed by atoms with Gasteiger partial charge in [0.15, 0.2) is 0 Å². The van der Waals surface area contributed by atoms with Crippen molar-refractivity contribution in [1.29, 1.82) is 0 Å². The lowest BCUT2D eigenvalue weighted by molar-refractivity contribution is 0.190. The minimum Gasteiger partial charge on any atom is -0.465 e. The molecule has 0 amide bonds. The Kier molecular flexibility index (Phi) is 5.27. The van der Waals surface area contributed by atoms with Crippen LogP contribution in [0.25, 0.3) is 0 Å². The highest BCUT2D eigenvalue weighted by atomic mass is 35.5. The Morgan fingerprint density at radius 3 is 2.60 bits per heavy atom. The third kappa shape index (κ3) is 3.64. The fourth-order valence-corrected chi connectivity index (χ4v) is 3.68. The number of likely N-dealkylation sites (N-methyl/N-ethyl adjacent to an activating group) is 1. The lowest BCUT2D eigenvalue weighted by atomic mass is 10.0. The van der Waals surface area contributed by atoms with Crippen molar-refractivity contribution >= 4 is 22.9 Å². The summed E-state index contributed by atoms with van der Waals surface area (Å²) in [6.45, 7) is 4.80. The van der Waals surface area contributed by atoms with Crippen molar-refractivity contribution < 1.29 is 4.42 Å². The van der Waals surface area contributed by atoms with Crippen molar-refractivity contribution in [2.24, 2.45) is 5.73 Å². The van der Waals surface area contributed by atoms with E-state index in [1.165, 1.54) is 4.88 Å². The van der Waals surface area contributed by atoms with Crippen molar-refractivity contribution in [3.05, 3.63) is 45.0 Å². The maximum absolute atomic E-state index is 6.31. The van der Waals surface area contributed by atoms with Gasteiger partial charge in [0.1, 0.15) is 11.5 Å². The van der Waals surface area contributed by atoms with Crippen LogP contribution in [0.3, 0.4) is 0 Å². The average molecular weight is 313 g/mol. The molecule has 0 saturated heterocycles. The summed E-state index contributed by atoms with van der Waals surface area (Å²) in [7, 11) is 2.08. The fourth-order valence-electron chi connectivity index (χ4n) is 2.38. The minimum atomic E-state index is 0.0748. The molecule has 2 aromatic heterocycles. The van der Waals surface area contributed by atoms with Crippen LogP contribution in [-0.4, -0.2) is 18.0 Å². The van der Waals surface area contributed by atoms with Crippen LogP contribution in [0.2, 0.25) is 4.34 Å². The van der Waals surface area contributed by atoms with Gasteiger partial charge in [-0.05, 0) is 44.7 Å². The second-order valence-corrected chi connectivity index (χ2v) is 6.83. The highest BCUT2D eigenvalue weighted by molar-refractivity contribution is 7.16. The molecule has 0 bridgehead atoms. The van der Waals surface area contributed by atoms with E-state index < -0.39 is 0 Å². The van der Waals surface area contributed by atoms with Gasteiger partial charge in [-0.1, -0.05) is 18.5 Å². The largest absolute Gasteiger partial charge is 0.465 e. The van der Waals surface area contributed by atoms with E-state index in [4.69, 9.17) is 21.8 Å². The maximum Gasteiger partial charge on any atom is 0.118 e. The van der Waals surface area contributed by atoms with Gasteiger partial charge in [-0.2, -0.15) is 0 Å². The van der Waals surface area contributed by atoms with Crippen LogP contribution in [0.4, 0.5) is 0 Å². The predicted molar refractivity (Wildman–Crippen MR) is 85.2 cm³/mol. The molecule has 0 radical (unpaired) electrons. The first-order chi connectivity index (χ1) is 9.51. The Morgan fingerprint density at radius 1 is 1.35 bits per heavy atom. The Bertz CT molecular complexity index is 552. The van der Waals surface area contributed by atoms with Crippen molar-refractivity contribution in [3.63, 3.8) is 0 Å². The van der Waals surface area contributed by atoms with Gasteiger partial charge in [0.2, 0.25) is 0 Å². The Balaban J connectivity index is 2.17. The first-order valence-electron chi connectivity index (χ1n) is 6.77. The summed E-state index contributed by atoms with van der Waals surface area (Å²) in [5.74, 6) is 1.89. The number of nitrogens with zero attached hydrogens (tertiary/aromatic N) is 1. The Hall–Kier alpha value is -0.810. The number of hydrogen-bond donors (Lipinski definition) is 1. The van der Waals surface area contributed by atoms with Gasteiger partial charge >= 0.3 is 0 Å². The van der Waals surface area contributed by atoms with Crippen LogP contribution < -0.4 is 5.73 Å². The van der Waals surface area contributed by atoms with E-state index in [-0.39, 0.29) is 12.1 Å². The number of aryl methyl sites for hydroxylation is 1. The van der Waals surface area contributed by atoms with Gasteiger partial charge < -0.3 is 10.2 Å². The normalized spacial score (nSPS) is 14.7. The first-order valence-corrected chi connectivity index (χ1v) is 7.97. The Morgan fingerprint density at radius 2 is 2.10 bits per heavy atom. The van der Waals surface area contributed by atoms with E-state index in [9.17, 15) is 0 Å². The topological polar surface area (TPSA) is 42.4 Å². The number of thiophene rings is 1. The van der Waals surface area contributed by atoms with Crippen molar-refractivity contribution in [1.82, 2.24) is 4.90 Å². The number of nitrogens with two attached hydrogens (primary N) is 1. The second kappa shape index (κ2) is 6.76. The molecular formula is C15H21ClN2OS. The monoisotopic (exact) mass is 312 g/mol.